The molecule has 2 aromatic heterocycles. The SMILES string of the molecule is O=C(Nc1cnns1)c1sccc1C#CCO. The van der Waals surface area contributed by atoms with Gasteiger partial charge in [-0.05, 0) is 11.4 Å². The van der Waals surface area contributed by atoms with Gasteiger partial charge in [0, 0.05) is 17.1 Å². The summed E-state index contributed by atoms with van der Waals surface area (Å²) in [4.78, 5) is 12.4. The Morgan fingerprint density at radius 1 is 1.59 bits per heavy atom. The molecule has 0 fully saturated rings. The van der Waals surface area contributed by atoms with E-state index in [1.165, 1.54) is 17.5 Å². The Balaban J connectivity index is 2.17. The van der Waals surface area contributed by atoms with E-state index in [4.69, 9.17) is 5.11 Å². The van der Waals surface area contributed by atoms with Crippen LogP contribution in [-0.4, -0.2) is 27.2 Å². The number of carbonyl (C=O) groups excluding carboxylic acids is 1. The lowest BCUT2D eigenvalue weighted by molar-refractivity contribution is 0.103. The van der Waals surface area contributed by atoms with Gasteiger partial charge >= 0.3 is 0 Å². The molecule has 0 unspecified atom stereocenters. The summed E-state index contributed by atoms with van der Waals surface area (Å²) in [7, 11) is 0. The van der Waals surface area contributed by atoms with Gasteiger partial charge in [-0.1, -0.05) is 16.3 Å². The van der Waals surface area contributed by atoms with Gasteiger partial charge in [-0.3, -0.25) is 4.79 Å². The predicted octanol–water partition coefficient (Wildman–Crippen LogP) is 1.20. The summed E-state index contributed by atoms with van der Waals surface area (Å²) in [6, 6.07) is 1.74. The van der Waals surface area contributed by atoms with E-state index in [2.05, 4.69) is 26.7 Å². The van der Waals surface area contributed by atoms with Gasteiger partial charge in [-0.15, -0.1) is 16.4 Å². The summed E-state index contributed by atoms with van der Waals surface area (Å²) in [6.45, 7) is -0.227. The van der Waals surface area contributed by atoms with Crippen molar-refractivity contribution in [3.05, 3.63) is 28.1 Å². The van der Waals surface area contributed by atoms with E-state index in [0.29, 0.717) is 15.4 Å². The van der Waals surface area contributed by atoms with Gasteiger partial charge in [0.05, 0.1) is 6.20 Å². The average Bonchev–Trinajstić information content (AvgIpc) is 2.96. The molecule has 86 valence electrons. The molecule has 0 spiro atoms. The van der Waals surface area contributed by atoms with Crippen LogP contribution < -0.4 is 5.32 Å². The Morgan fingerprint density at radius 2 is 2.47 bits per heavy atom. The number of aliphatic hydroxyl groups excluding tert-OH is 1. The van der Waals surface area contributed by atoms with Crippen LogP contribution in [0.1, 0.15) is 15.2 Å². The number of thiophene rings is 1. The van der Waals surface area contributed by atoms with E-state index < -0.39 is 0 Å². The van der Waals surface area contributed by atoms with E-state index >= 15 is 0 Å². The molecule has 0 saturated heterocycles. The van der Waals surface area contributed by atoms with Crippen molar-refractivity contribution in [2.45, 2.75) is 0 Å². The second-order valence-electron chi connectivity index (χ2n) is 2.86. The summed E-state index contributed by atoms with van der Waals surface area (Å²) in [5.41, 5.74) is 0.610. The molecule has 0 aliphatic heterocycles. The number of rotatable bonds is 2. The van der Waals surface area contributed by atoms with Crippen molar-refractivity contribution in [1.29, 1.82) is 0 Å². The van der Waals surface area contributed by atoms with Crippen molar-refractivity contribution in [3.8, 4) is 11.8 Å². The highest BCUT2D eigenvalue weighted by atomic mass is 32.1. The lowest BCUT2D eigenvalue weighted by Crippen LogP contribution is -2.10. The summed E-state index contributed by atoms with van der Waals surface area (Å²) in [5.74, 6) is 5.00. The van der Waals surface area contributed by atoms with Crippen molar-refractivity contribution in [3.63, 3.8) is 0 Å². The molecule has 2 rings (SSSR count). The zero-order valence-electron chi connectivity index (χ0n) is 8.51. The fourth-order valence-electron chi connectivity index (χ4n) is 1.11. The van der Waals surface area contributed by atoms with E-state index in [1.807, 2.05) is 0 Å². The highest BCUT2D eigenvalue weighted by Gasteiger charge is 2.12. The molecule has 0 atom stereocenters. The normalized spacial score (nSPS) is 9.47. The summed E-state index contributed by atoms with van der Waals surface area (Å²) in [6.07, 6.45) is 1.48. The fourth-order valence-corrected chi connectivity index (χ4v) is 2.27. The van der Waals surface area contributed by atoms with Crippen molar-refractivity contribution in [2.24, 2.45) is 0 Å². The highest BCUT2D eigenvalue weighted by Crippen LogP contribution is 2.18. The third kappa shape index (κ3) is 2.88. The molecule has 2 aromatic rings. The van der Waals surface area contributed by atoms with Gasteiger partial charge in [0.25, 0.3) is 5.91 Å². The van der Waals surface area contributed by atoms with Crippen molar-refractivity contribution in [1.82, 2.24) is 9.59 Å². The van der Waals surface area contributed by atoms with Gasteiger partial charge in [-0.25, -0.2) is 0 Å². The number of hydrogen-bond acceptors (Lipinski definition) is 6. The summed E-state index contributed by atoms with van der Waals surface area (Å²) in [5, 5.41) is 17.3. The Bertz CT molecular complexity index is 566. The van der Waals surface area contributed by atoms with Crippen LogP contribution in [-0.2, 0) is 0 Å². The first-order chi connectivity index (χ1) is 8.31. The number of aromatic nitrogens is 2. The molecule has 17 heavy (non-hydrogen) atoms. The van der Waals surface area contributed by atoms with Gasteiger partial charge in [0.15, 0.2) is 0 Å². The van der Waals surface area contributed by atoms with Crippen LogP contribution in [0.25, 0.3) is 0 Å². The first kappa shape index (κ1) is 11.7. The molecule has 0 bridgehead atoms. The second-order valence-corrected chi connectivity index (χ2v) is 4.56. The third-order valence-corrected chi connectivity index (χ3v) is 3.26. The van der Waals surface area contributed by atoms with Crippen LogP contribution in [0, 0.1) is 11.8 Å². The fraction of sp³-hybridized carbons (Fsp3) is 0.100. The largest absolute Gasteiger partial charge is 0.384 e. The van der Waals surface area contributed by atoms with Gasteiger partial charge in [0.2, 0.25) is 0 Å². The number of aliphatic hydroxyl groups is 1. The maximum Gasteiger partial charge on any atom is 0.267 e. The van der Waals surface area contributed by atoms with E-state index in [0.717, 1.165) is 11.5 Å². The second kappa shape index (κ2) is 5.54. The molecule has 2 N–H and O–H groups in total. The third-order valence-electron chi connectivity index (χ3n) is 1.77. The van der Waals surface area contributed by atoms with Crippen LogP contribution in [0.15, 0.2) is 17.6 Å². The Labute approximate surface area is 105 Å². The van der Waals surface area contributed by atoms with Crippen molar-refractivity contribution in [2.75, 3.05) is 11.9 Å². The van der Waals surface area contributed by atoms with Gasteiger partial charge in [0.1, 0.15) is 16.5 Å². The number of nitrogens with one attached hydrogen (secondary N) is 1. The van der Waals surface area contributed by atoms with E-state index in [1.54, 1.807) is 11.4 Å². The van der Waals surface area contributed by atoms with Crippen molar-refractivity contribution < 1.29 is 9.90 Å². The molecule has 0 aromatic carbocycles. The smallest absolute Gasteiger partial charge is 0.267 e. The molecule has 0 aliphatic rings. The van der Waals surface area contributed by atoms with Crippen molar-refractivity contribution >= 4 is 33.8 Å². The standard InChI is InChI=1S/C10H7N3O2S2/c14-4-1-2-7-3-5-16-9(7)10(15)12-8-6-11-13-17-8/h3,5-6,14H,4H2,(H,12,15). The van der Waals surface area contributed by atoms with Crippen LogP contribution in [0.2, 0.25) is 0 Å². The zero-order chi connectivity index (χ0) is 12.1. The number of carbonyl (C=O) groups is 1. The molecular weight excluding hydrogens is 258 g/mol. The maximum atomic E-state index is 11.9. The van der Waals surface area contributed by atoms with E-state index in [-0.39, 0.29) is 12.5 Å². The van der Waals surface area contributed by atoms with Crippen LogP contribution in [0.5, 0.6) is 0 Å². The van der Waals surface area contributed by atoms with Crippen LogP contribution in [0.3, 0.4) is 0 Å². The highest BCUT2D eigenvalue weighted by molar-refractivity contribution is 7.13. The minimum absolute atomic E-state index is 0.227. The number of hydrogen-bond donors (Lipinski definition) is 2. The Hall–Kier alpha value is -1.75. The van der Waals surface area contributed by atoms with Gasteiger partial charge < -0.3 is 10.4 Å². The molecule has 2 heterocycles. The lowest BCUT2D eigenvalue weighted by atomic mass is 10.2. The minimum Gasteiger partial charge on any atom is -0.384 e. The maximum absolute atomic E-state index is 11.9. The van der Waals surface area contributed by atoms with E-state index in [9.17, 15) is 4.79 Å². The topological polar surface area (TPSA) is 75.1 Å². The predicted molar refractivity (Wildman–Crippen MR) is 66.1 cm³/mol. The first-order valence-corrected chi connectivity index (χ1v) is 6.22. The zero-order valence-corrected chi connectivity index (χ0v) is 10.1. The quantitative estimate of drug-likeness (QED) is 0.800. The van der Waals surface area contributed by atoms with Crippen LogP contribution >= 0.6 is 22.9 Å². The minimum atomic E-state index is -0.242. The summed E-state index contributed by atoms with van der Waals surface area (Å²) < 4.78 is 3.65. The number of anilines is 1. The monoisotopic (exact) mass is 265 g/mol. The first-order valence-electron chi connectivity index (χ1n) is 4.57. The molecule has 5 nitrogen and oxygen atoms in total. The lowest BCUT2D eigenvalue weighted by Gasteiger charge is -1.98. The van der Waals surface area contributed by atoms with Crippen LogP contribution in [0.4, 0.5) is 5.00 Å². The molecule has 7 heteroatoms. The Morgan fingerprint density at radius 3 is 3.18 bits per heavy atom. The molecular formula is C10H7N3O2S2. The number of nitrogens with zero attached hydrogens (tertiary/aromatic N) is 2. The van der Waals surface area contributed by atoms with Gasteiger partial charge in [-0.2, -0.15) is 0 Å². The molecule has 0 radical (unpaired) electrons. The Kier molecular flexibility index (Phi) is 3.82. The number of amides is 1. The molecule has 0 aliphatic carbocycles. The molecule has 1 amide bonds. The average molecular weight is 265 g/mol. The molecule has 0 saturated carbocycles. The summed E-state index contributed by atoms with van der Waals surface area (Å²) >= 11 is 2.41.